The van der Waals surface area contributed by atoms with Crippen molar-refractivity contribution in [2.45, 2.75) is 84.7 Å². The van der Waals surface area contributed by atoms with Gasteiger partial charge in [-0.2, -0.15) is 0 Å². The monoisotopic (exact) mass is 412 g/mol. The predicted octanol–water partition coefficient (Wildman–Crippen LogP) is 6.16. The summed E-state index contributed by atoms with van der Waals surface area (Å²) in [4.78, 5) is 20.3. The molecule has 5 heteroatoms. The van der Waals surface area contributed by atoms with Gasteiger partial charge < -0.3 is 9.47 Å². The molecule has 1 heterocycles. The van der Waals surface area contributed by atoms with Crippen LogP contribution in [0.15, 0.2) is 36.7 Å². The number of esters is 1. The highest BCUT2D eigenvalue weighted by molar-refractivity contribution is 5.69. The van der Waals surface area contributed by atoms with Crippen LogP contribution in [0.1, 0.15) is 77.7 Å². The number of carbonyl (C=O) groups excluding carboxylic acids is 1. The molecule has 30 heavy (non-hydrogen) atoms. The molecule has 0 bridgehead atoms. The van der Waals surface area contributed by atoms with Crippen LogP contribution < -0.4 is 4.74 Å². The first-order valence-corrected chi connectivity index (χ1v) is 11.4. The summed E-state index contributed by atoms with van der Waals surface area (Å²) in [7, 11) is 0. The van der Waals surface area contributed by atoms with Crippen LogP contribution in [-0.4, -0.2) is 28.6 Å². The van der Waals surface area contributed by atoms with Gasteiger partial charge in [0, 0.05) is 30.8 Å². The second-order valence-corrected chi connectivity index (χ2v) is 7.75. The first-order valence-electron chi connectivity index (χ1n) is 11.4. The first kappa shape index (κ1) is 23.8. The van der Waals surface area contributed by atoms with Gasteiger partial charge in [0.25, 0.3) is 0 Å². The molecular formula is C25H36N2O3. The molecule has 0 N–H and O–H groups in total. The third kappa shape index (κ3) is 8.93. The molecule has 164 valence electrons. The van der Waals surface area contributed by atoms with Gasteiger partial charge in [-0.05, 0) is 49.6 Å². The van der Waals surface area contributed by atoms with Gasteiger partial charge in [0.15, 0.2) is 5.82 Å². The molecule has 0 aliphatic rings. The fraction of sp³-hybridized carbons (Fsp3) is 0.560. The van der Waals surface area contributed by atoms with Gasteiger partial charge in [0.2, 0.25) is 0 Å². The number of hydrogen-bond donors (Lipinski definition) is 0. The molecule has 0 spiro atoms. The fourth-order valence-electron chi connectivity index (χ4n) is 3.15. The van der Waals surface area contributed by atoms with E-state index in [1.54, 1.807) is 6.92 Å². The minimum atomic E-state index is -0.176. The summed E-state index contributed by atoms with van der Waals surface area (Å²) in [5.74, 6) is 1.34. The minimum absolute atomic E-state index is 0.139. The lowest BCUT2D eigenvalue weighted by molar-refractivity contribution is -0.148. The van der Waals surface area contributed by atoms with E-state index in [4.69, 9.17) is 9.47 Å². The maximum atomic E-state index is 11.3. The lowest BCUT2D eigenvalue weighted by atomic mass is 10.1. The topological polar surface area (TPSA) is 61.3 Å². The number of nitrogens with zero attached hydrogens (tertiary/aromatic N) is 2. The van der Waals surface area contributed by atoms with Gasteiger partial charge in [0.1, 0.15) is 11.9 Å². The molecule has 2 aromatic rings. The van der Waals surface area contributed by atoms with Gasteiger partial charge in [-0.1, -0.05) is 46.0 Å². The molecule has 2 rings (SSSR count). The zero-order chi connectivity index (χ0) is 21.6. The SMILES string of the molecule is CCCCCCCCc1cnc(-c2ccc(OCCC(C)OC(=O)CC)cc2)nc1. The molecule has 1 unspecified atom stereocenters. The van der Waals surface area contributed by atoms with E-state index in [1.807, 2.05) is 43.6 Å². The van der Waals surface area contributed by atoms with Crippen molar-refractivity contribution in [1.82, 2.24) is 9.97 Å². The second-order valence-electron chi connectivity index (χ2n) is 7.75. The van der Waals surface area contributed by atoms with Crippen LogP contribution in [0.3, 0.4) is 0 Å². The lowest BCUT2D eigenvalue weighted by Gasteiger charge is -2.13. The van der Waals surface area contributed by atoms with Crippen molar-refractivity contribution in [3.05, 3.63) is 42.2 Å². The fourth-order valence-corrected chi connectivity index (χ4v) is 3.15. The smallest absolute Gasteiger partial charge is 0.305 e. The Balaban J connectivity index is 1.74. The second kappa shape index (κ2) is 13.7. The lowest BCUT2D eigenvalue weighted by Crippen LogP contribution is -2.16. The van der Waals surface area contributed by atoms with Crippen molar-refractivity contribution in [2.75, 3.05) is 6.61 Å². The van der Waals surface area contributed by atoms with Gasteiger partial charge in [-0.3, -0.25) is 4.79 Å². The van der Waals surface area contributed by atoms with Crippen molar-refractivity contribution in [1.29, 1.82) is 0 Å². The Hall–Kier alpha value is -2.43. The maximum Gasteiger partial charge on any atom is 0.305 e. The Labute approximate surface area is 181 Å². The number of rotatable bonds is 14. The Morgan fingerprint density at radius 3 is 2.30 bits per heavy atom. The average Bonchev–Trinajstić information content (AvgIpc) is 2.77. The molecule has 1 atom stereocenters. The highest BCUT2D eigenvalue weighted by Crippen LogP contribution is 2.20. The van der Waals surface area contributed by atoms with Gasteiger partial charge in [0.05, 0.1) is 6.61 Å². The maximum absolute atomic E-state index is 11.3. The van der Waals surface area contributed by atoms with Crippen LogP contribution in [0.25, 0.3) is 11.4 Å². The van der Waals surface area contributed by atoms with E-state index in [-0.39, 0.29) is 12.1 Å². The van der Waals surface area contributed by atoms with Crippen LogP contribution in [0.5, 0.6) is 5.75 Å². The number of ether oxygens (including phenoxy) is 2. The molecular weight excluding hydrogens is 376 g/mol. The molecule has 0 aliphatic carbocycles. The predicted molar refractivity (Wildman–Crippen MR) is 121 cm³/mol. The zero-order valence-electron chi connectivity index (χ0n) is 18.7. The molecule has 0 saturated heterocycles. The quantitative estimate of drug-likeness (QED) is 0.275. The molecule has 1 aromatic heterocycles. The standard InChI is InChI=1S/C25H36N2O3/c1-4-6-7-8-9-10-11-21-18-26-25(27-19-21)22-12-14-23(15-13-22)29-17-16-20(3)30-24(28)5-2/h12-15,18-20H,4-11,16-17H2,1-3H3. The van der Waals surface area contributed by atoms with Gasteiger partial charge in [-0.25, -0.2) is 9.97 Å². The molecule has 0 fully saturated rings. The molecule has 0 radical (unpaired) electrons. The molecule has 0 aliphatic heterocycles. The minimum Gasteiger partial charge on any atom is -0.493 e. The van der Waals surface area contributed by atoms with Crippen molar-refractivity contribution in [3.8, 4) is 17.1 Å². The van der Waals surface area contributed by atoms with Crippen LogP contribution >= 0.6 is 0 Å². The Morgan fingerprint density at radius 2 is 1.63 bits per heavy atom. The summed E-state index contributed by atoms with van der Waals surface area (Å²) in [5.41, 5.74) is 2.17. The van der Waals surface area contributed by atoms with Crippen LogP contribution in [0.2, 0.25) is 0 Å². The van der Waals surface area contributed by atoms with Crippen molar-refractivity contribution in [2.24, 2.45) is 0 Å². The van der Waals surface area contributed by atoms with E-state index in [0.29, 0.717) is 19.4 Å². The number of hydrogen-bond acceptors (Lipinski definition) is 5. The van der Waals surface area contributed by atoms with E-state index >= 15 is 0 Å². The van der Waals surface area contributed by atoms with E-state index < -0.39 is 0 Å². The summed E-state index contributed by atoms with van der Waals surface area (Å²) in [6, 6.07) is 7.79. The molecule has 0 amide bonds. The van der Waals surface area contributed by atoms with Crippen LogP contribution in [-0.2, 0) is 16.0 Å². The van der Waals surface area contributed by atoms with Crippen molar-refractivity contribution < 1.29 is 14.3 Å². The summed E-state index contributed by atoms with van der Waals surface area (Å²) < 4.78 is 11.0. The van der Waals surface area contributed by atoms with Gasteiger partial charge >= 0.3 is 5.97 Å². The third-order valence-electron chi connectivity index (χ3n) is 5.05. The van der Waals surface area contributed by atoms with Gasteiger partial charge in [-0.15, -0.1) is 0 Å². The Morgan fingerprint density at radius 1 is 0.967 bits per heavy atom. The Bertz CT molecular complexity index is 729. The average molecular weight is 413 g/mol. The van der Waals surface area contributed by atoms with E-state index in [9.17, 15) is 4.79 Å². The zero-order valence-corrected chi connectivity index (χ0v) is 18.7. The van der Waals surface area contributed by atoms with Crippen LogP contribution in [0.4, 0.5) is 0 Å². The molecule has 5 nitrogen and oxygen atoms in total. The number of carbonyl (C=O) groups is 1. The number of aromatic nitrogens is 2. The van der Waals surface area contributed by atoms with E-state index in [1.165, 1.54) is 44.1 Å². The highest BCUT2D eigenvalue weighted by atomic mass is 16.5. The third-order valence-corrected chi connectivity index (χ3v) is 5.05. The van der Waals surface area contributed by atoms with E-state index in [2.05, 4.69) is 16.9 Å². The number of benzene rings is 1. The normalized spacial score (nSPS) is 11.8. The van der Waals surface area contributed by atoms with Crippen LogP contribution in [0, 0.1) is 0 Å². The summed E-state index contributed by atoms with van der Waals surface area (Å²) in [5, 5.41) is 0. The highest BCUT2D eigenvalue weighted by Gasteiger charge is 2.08. The summed E-state index contributed by atoms with van der Waals surface area (Å²) in [6.45, 7) is 6.42. The number of aryl methyl sites for hydroxylation is 1. The molecule has 1 aromatic carbocycles. The summed E-state index contributed by atoms with van der Waals surface area (Å²) in [6.07, 6.45) is 13.6. The first-order chi connectivity index (χ1) is 14.6. The van der Waals surface area contributed by atoms with E-state index in [0.717, 1.165) is 23.6 Å². The van der Waals surface area contributed by atoms with Crippen molar-refractivity contribution in [3.63, 3.8) is 0 Å². The Kier molecular flexibility index (Phi) is 10.9. The largest absolute Gasteiger partial charge is 0.493 e. The summed E-state index contributed by atoms with van der Waals surface area (Å²) >= 11 is 0. The number of unbranched alkanes of at least 4 members (excludes halogenated alkanes) is 5. The molecule has 0 saturated carbocycles. The van der Waals surface area contributed by atoms with Crippen molar-refractivity contribution >= 4 is 5.97 Å².